The van der Waals surface area contributed by atoms with Crippen LogP contribution >= 0.6 is 22.9 Å². The molecule has 0 bridgehead atoms. The Kier molecular flexibility index (Phi) is 5.59. The van der Waals surface area contributed by atoms with Crippen molar-refractivity contribution in [2.45, 2.75) is 17.9 Å². The number of pyridine rings is 1. The zero-order valence-corrected chi connectivity index (χ0v) is 18.0. The molecule has 0 aliphatic carbocycles. The van der Waals surface area contributed by atoms with Crippen LogP contribution in [0.3, 0.4) is 0 Å². The molecular formula is C20H16ClFN4O2S2. The zero-order valence-electron chi connectivity index (χ0n) is 15.6. The summed E-state index contributed by atoms with van der Waals surface area (Å²) in [6.45, 7) is 1.91. The van der Waals surface area contributed by atoms with E-state index in [0.29, 0.717) is 0 Å². The van der Waals surface area contributed by atoms with Crippen LogP contribution in [-0.2, 0) is 10.0 Å². The van der Waals surface area contributed by atoms with E-state index in [9.17, 15) is 12.8 Å². The Morgan fingerprint density at radius 3 is 2.83 bits per heavy atom. The summed E-state index contributed by atoms with van der Waals surface area (Å²) < 4.78 is 42.0. The monoisotopic (exact) mass is 462 g/mol. The smallest absolute Gasteiger partial charge is 0.266 e. The molecule has 0 radical (unpaired) electrons. The Morgan fingerprint density at radius 2 is 2.07 bits per heavy atom. The highest BCUT2D eigenvalue weighted by molar-refractivity contribution is 7.92. The standard InChI is InChI=1S/C20H16ClFN4O2S2/c1-12(14-4-2-3-13-5-6-23-9-15(13)14)25-18-8-17(22)19(7-16(18)21)30(27,28)26-20-10-29-11-24-20/h2-12,25-26H,1H3/t12-/m0/s1. The Bertz CT molecular complexity index is 1310. The van der Waals surface area contributed by atoms with Gasteiger partial charge < -0.3 is 5.32 Å². The molecular weight excluding hydrogens is 447 g/mol. The van der Waals surface area contributed by atoms with Crippen LogP contribution in [0.4, 0.5) is 15.9 Å². The van der Waals surface area contributed by atoms with Crippen molar-refractivity contribution in [3.8, 4) is 0 Å². The maximum absolute atomic E-state index is 14.7. The summed E-state index contributed by atoms with van der Waals surface area (Å²) >= 11 is 7.51. The first kappa shape index (κ1) is 20.5. The van der Waals surface area contributed by atoms with E-state index >= 15 is 0 Å². The van der Waals surface area contributed by atoms with Crippen LogP contribution in [0.5, 0.6) is 0 Å². The molecule has 0 spiro atoms. The molecule has 0 aliphatic rings. The maximum atomic E-state index is 14.7. The molecule has 0 unspecified atom stereocenters. The van der Waals surface area contributed by atoms with E-state index in [1.807, 2.05) is 31.2 Å². The SMILES string of the molecule is C[C@H](Nc1cc(F)c(S(=O)(=O)Nc2cscn2)cc1Cl)c1cccc2ccncc12. The molecule has 4 rings (SSSR count). The molecule has 30 heavy (non-hydrogen) atoms. The van der Waals surface area contributed by atoms with Gasteiger partial charge in [0.2, 0.25) is 0 Å². The fourth-order valence-electron chi connectivity index (χ4n) is 3.13. The second-order valence-electron chi connectivity index (χ2n) is 6.55. The van der Waals surface area contributed by atoms with Gasteiger partial charge in [0.05, 0.1) is 16.2 Å². The topological polar surface area (TPSA) is 84.0 Å². The minimum absolute atomic E-state index is 0.0836. The highest BCUT2D eigenvalue weighted by atomic mass is 35.5. The van der Waals surface area contributed by atoms with Crippen molar-refractivity contribution in [3.05, 3.63) is 76.1 Å². The molecule has 0 fully saturated rings. The molecule has 2 aromatic heterocycles. The van der Waals surface area contributed by atoms with Crippen molar-refractivity contribution in [2.24, 2.45) is 0 Å². The van der Waals surface area contributed by atoms with E-state index in [1.165, 1.54) is 22.2 Å². The number of benzene rings is 2. The maximum Gasteiger partial charge on any atom is 0.266 e. The van der Waals surface area contributed by atoms with Crippen molar-refractivity contribution < 1.29 is 12.8 Å². The van der Waals surface area contributed by atoms with Crippen LogP contribution in [-0.4, -0.2) is 18.4 Å². The first-order valence-electron chi connectivity index (χ1n) is 8.84. The largest absolute Gasteiger partial charge is 0.377 e. The number of sulfonamides is 1. The zero-order chi connectivity index (χ0) is 21.3. The third kappa shape index (κ3) is 4.09. The average Bonchev–Trinajstić information content (AvgIpc) is 3.22. The van der Waals surface area contributed by atoms with Crippen LogP contribution in [0.1, 0.15) is 18.5 Å². The first-order chi connectivity index (χ1) is 14.3. The van der Waals surface area contributed by atoms with Gasteiger partial charge in [-0.3, -0.25) is 9.71 Å². The van der Waals surface area contributed by atoms with Crippen molar-refractivity contribution in [2.75, 3.05) is 10.0 Å². The molecule has 0 aliphatic heterocycles. The van der Waals surface area contributed by atoms with E-state index in [4.69, 9.17) is 11.6 Å². The molecule has 2 N–H and O–H groups in total. The van der Waals surface area contributed by atoms with Gasteiger partial charge in [0.1, 0.15) is 10.7 Å². The van der Waals surface area contributed by atoms with Crippen molar-refractivity contribution >= 4 is 55.2 Å². The molecule has 6 nitrogen and oxygen atoms in total. The lowest BCUT2D eigenvalue weighted by molar-refractivity contribution is 0.570. The van der Waals surface area contributed by atoms with Gasteiger partial charge in [0, 0.05) is 29.2 Å². The first-order valence-corrected chi connectivity index (χ1v) is 11.6. The van der Waals surface area contributed by atoms with Crippen molar-refractivity contribution in [3.63, 3.8) is 0 Å². The quantitative estimate of drug-likeness (QED) is 0.397. The van der Waals surface area contributed by atoms with E-state index in [1.54, 1.807) is 12.4 Å². The molecule has 4 aromatic rings. The van der Waals surface area contributed by atoms with E-state index in [0.717, 1.165) is 28.5 Å². The Hall–Kier alpha value is -2.75. The molecule has 2 heterocycles. The number of fused-ring (bicyclic) bond motifs is 1. The van der Waals surface area contributed by atoms with Crippen LogP contribution < -0.4 is 10.0 Å². The number of aromatic nitrogens is 2. The van der Waals surface area contributed by atoms with E-state index in [-0.39, 0.29) is 22.6 Å². The van der Waals surface area contributed by atoms with E-state index < -0.39 is 20.7 Å². The summed E-state index contributed by atoms with van der Waals surface area (Å²) in [6, 6.07) is 9.70. The number of thiazole rings is 1. The summed E-state index contributed by atoms with van der Waals surface area (Å²) in [5.41, 5.74) is 2.72. The Balaban J connectivity index is 1.63. The van der Waals surface area contributed by atoms with Gasteiger partial charge in [-0.05, 0) is 36.1 Å². The average molecular weight is 463 g/mol. The molecule has 0 saturated heterocycles. The lowest BCUT2D eigenvalue weighted by Gasteiger charge is -2.19. The number of hydrogen-bond acceptors (Lipinski definition) is 6. The number of nitrogens with zero attached hydrogens (tertiary/aromatic N) is 2. The minimum atomic E-state index is -4.16. The van der Waals surface area contributed by atoms with Gasteiger partial charge >= 0.3 is 0 Å². The van der Waals surface area contributed by atoms with Gasteiger partial charge in [-0.2, -0.15) is 0 Å². The van der Waals surface area contributed by atoms with Gasteiger partial charge in [0.25, 0.3) is 10.0 Å². The Labute approximate surface area is 181 Å². The molecule has 0 amide bonds. The predicted molar refractivity (Wildman–Crippen MR) is 118 cm³/mol. The van der Waals surface area contributed by atoms with Crippen LogP contribution in [0.15, 0.2) is 64.6 Å². The van der Waals surface area contributed by atoms with Gasteiger partial charge in [-0.1, -0.05) is 29.8 Å². The minimum Gasteiger partial charge on any atom is -0.377 e. The normalized spacial score (nSPS) is 12.6. The molecule has 2 aromatic carbocycles. The number of anilines is 2. The van der Waals surface area contributed by atoms with Gasteiger partial charge in [-0.25, -0.2) is 17.8 Å². The number of hydrogen-bond donors (Lipinski definition) is 2. The van der Waals surface area contributed by atoms with Crippen LogP contribution in [0, 0.1) is 5.82 Å². The summed E-state index contributed by atoms with van der Waals surface area (Å²) in [5, 5.41) is 6.74. The Morgan fingerprint density at radius 1 is 1.23 bits per heavy atom. The molecule has 10 heteroatoms. The van der Waals surface area contributed by atoms with E-state index in [2.05, 4.69) is 20.0 Å². The van der Waals surface area contributed by atoms with Gasteiger partial charge in [0.15, 0.2) is 5.82 Å². The highest BCUT2D eigenvalue weighted by Gasteiger charge is 2.23. The molecule has 154 valence electrons. The summed E-state index contributed by atoms with van der Waals surface area (Å²) in [4.78, 5) is 7.47. The van der Waals surface area contributed by atoms with Crippen LogP contribution in [0.25, 0.3) is 10.8 Å². The number of rotatable bonds is 6. The highest BCUT2D eigenvalue weighted by Crippen LogP contribution is 2.33. The number of nitrogens with one attached hydrogen (secondary N) is 2. The predicted octanol–water partition coefficient (Wildman–Crippen LogP) is 5.46. The van der Waals surface area contributed by atoms with Crippen molar-refractivity contribution in [1.82, 2.24) is 9.97 Å². The second kappa shape index (κ2) is 8.17. The second-order valence-corrected chi connectivity index (χ2v) is 9.33. The third-order valence-corrected chi connectivity index (χ3v) is 6.81. The number of halogens is 2. The summed E-state index contributed by atoms with van der Waals surface area (Å²) in [6.07, 6.45) is 3.49. The third-order valence-electron chi connectivity index (χ3n) is 4.54. The molecule has 0 saturated carbocycles. The van der Waals surface area contributed by atoms with Gasteiger partial charge in [-0.15, -0.1) is 11.3 Å². The van der Waals surface area contributed by atoms with Crippen molar-refractivity contribution in [1.29, 1.82) is 0 Å². The fraction of sp³-hybridized carbons (Fsp3) is 0.100. The lowest BCUT2D eigenvalue weighted by atomic mass is 10.0. The van der Waals surface area contributed by atoms with Crippen LogP contribution in [0.2, 0.25) is 5.02 Å². The fourth-order valence-corrected chi connectivity index (χ4v) is 5.05. The lowest BCUT2D eigenvalue weighted by Crippen LogP contribution is -2.15. The summed E-state index contributed by atoms with van der Waals surface area (Å²) in [5.74, 6) is -0.799. The summed E-state index contributed by atoms with van der Waals surface area (Å²) in [7, 11) is -4.16. The molecule has 1 atom stereocenters.